The molecule has 1 aliphatic rings. The summed E-state index contributed by atoms with van der Waals surface area (Å²) < 4.78 is 10.7. The van der Waals surface area contributed by atoms with Gasteiger partial charge >= 0.3 is 6.03 Å². The molecular weight excluding hydrogens is 320 g/mol. The van der Waals surface area contributed by atoms with Crippen molar-refractivity contribution in [1.82, 2.24) is 10.2 Å². The molecule has 0 unspecified atom stereocenters. The third-order valence-corrected chi connectivity index (χ3v) is 4.27. The molecule has 0 saturated carbocycles. The van der Waals surface area contributed by atoms with Crippen LogP contribution >= 0.6 is 0 Å². The molecular formula is C19H20N2O4. The number of urea groups is 1. The maximum absolute atomic E-state index is 12.8. The Morgan fingerprint density at radius 2 is 1.68 bits per heavy atom. The minimum Gasteiger partial charge on any atom is -0.497 e. The SMILES string of the molecule is COc1ccc([C@@]2(C)NC(=O)N(CCOc3ccccc3)C2=O)cc1. The van der Waals surface area contributed by atoms with E-state index < -0.39 is 11.6 Å². The highest BCUT2D eigenvalue weighted by molar-refractivity contribution is 6.07. The standard InChI is InChI=1S/C19H20N2O4/c1-19(14-8-10-15(24-2)11-9-14)17(22)21(18(23)20-19)12-13-25-16-6-4-3-5-7-16/h3-11H,12-13H2,1-2H3,(H,20,23)/t19-/m1/s1. The normalized spacial score (nSPS) is 19.7. The molecule has 0 aromatic heterocycles. The van der Waals surface area contributed by atoms with Crippen LogP contribution in [0.2, 0.25) is 0 Å². The van der Waals surface area contributed by atoms with Gasteiger partial charge in [-0.3, -0.25) is 9.69 Å². The molecule has 6 nitrogen and oxygen atoms in total. The highest BCUT2D eigenvalue weighted by Gasteiger charge is 2.48. The molecule has 1 atom stereocenters. The van der Waals surface area contributed by atoms with Crippen molar-refractivity contribution in [2.24, 2.45) is 0 Å². The summed E-state index contributed by atoms with van der Waals surface area (Å²) in [6.07, 6.45) is 0. The Kier molecular flexibility index (Phi) is 4.61. The molecule has 1 saturated heterocycles. The van der Waals surface area contributed by atoms with Gasteiger partial charge in [-0.25, -0.2) is 4.79 Å². The highest BCUT2D eigenvalue weighted by atomic mass is 16.5. The van der Waals surface area contributed by atoms with Crippen LogP contribution in [0.25, 0.3) is 0 Å². The molecule has 2 aromatic carbocycles. The van der Waals surface area contributed by atoms with Crippen LogP contribution in [0.1, 0.15) is 12.5 Å². The number of carbonyl (C=O) groups excluding carboxylic acids is 2. The van der Waals surface area contributed by atoms with Crippen LogP contribution in [-0.2, 0) is 10.3 Å². The fourth-order valence-electron chi connectivity index (χ4n) is 2.79. The molecule has 0 aliphatic carbocycles. The van der Waals surface area contributed by atoms with Crippen LogP contribution in [0.3, 0.4) is 0 Å². The summed E-state index contributed by atoms with van der Waals surface area (Å²) in [7, 11) is 1.58. The molecule has 25 heavy (non-hydrogen) atoms. The predicted molar refractivity (Wildman–Crippen MR) is 92.5 cm³/mol. The molecule has 6 heteroatoms. The first-order valence-electron chi connectivity index (χ1n) is 8.01. The van der Waals surface area contributed by atoms with Crippen molar-refractivity contribution in [3.05, 3.63) is 60.2 Å². The lowest BCUT2D eigenvalue weighted by atomic mass is 9.92. The molecule has 0 spiro atoms. The van der Waals surface area contributed by atoms with Crippen LogP contribution < -0.4 is 14.8 Å². The number of carbonyl (C=O) groups is 2. The first-order chi connectivity index (χ1) is 12.0. The quantitative estimate of drug-likeness (QED) is 0.821. The summed E-state index contributed by atoms with van der Waals surface area (Å²) in [5.41, 5.74) is -0.381. The van der Waals surface area contributed by atoms with Gasteiger partial charge in [-0.15, -0.1) is 0 Å². The number of benzene rings is 2. The Balaban J connectivity index is 1.68. The smallest absolute Gasteiger partial charge is 0.325 e. The van der Waals surface area contributed by atoms with Crippen LogP contribution in [0.15, 0.2) is 54.6 Å². The lowest BCUT2D eigenvalue weighted by Crippen LogP contribution is -2.41. The number of hydrogen-bond donors (Lipinski definition) is 1. The lowest BCUT2D eigenvalue weighted by Gasteiger charge is -2.22. The summed E-state index contributed by atoms with van der Waals surface area (Å²) in [5, 5.41) is 2.77. The van der Waals surface area contributed by atoms with E-state index in [0.29, 0.717) is 17.1 Å². The van der Waals surface area contributed by atoms with E-state index in [1.165, 1.54) is 4.90 Å². The number of nitrogens with zero attached hydrogens (tertiary/aromatic N) is 1. The number of ether oxygens (including phenoxy) is 2. The fraction of sp³-hybridized carbons (Fsp3) is 0.263. The zero-order chi connectivity index (χ0) is 17.9. The van der Waals surface area contributed by atoms with E-state index in [-0.39, 0.29) is 19.1 Å². The Morgan fingerprint density at radius 3 is 2.32 bits per heavy atom. The first kappa shape index (κ1) is 16.8. The van der Waals surface area contributed by atoms with Gasteiger partial charge in [-0.05, 0) is 36.8 Å². The Morgan fingerprint density at radius 1 is 1.00 bits per heavy atom. The molecule has 1 aliphatic heterocycles. The van der Waals surface area contributed by atoms with E-state index >= 15 is 0 Å². The van der Waals surface area contributed by atoms with Gasteiger partial charge in [0.15, 0.2) is 0 Å². The Bertz CT molecular complexity index is 761. The van der Waals surface area contributed by atoms with E-state index in [0.717, 1.165) is 0 Å². The second kappa shape index (κ2) is 6.84. The van der Waals surface area contributed by atoms with Crippen LogP contribution in [0, 0.1) is 0 Å². The largest absolute Gasteiger partial charge is 0.497 e. The summed E-state index contributed by atoms with van der Waals surface area (Å²) >= 11 is 0. The monoisotopic (exact) mass is 340 g/mol. The second-order valence-electron chi connectivity index (χ2n) is 5.90. The maximum atomic E-state index is 12.8. The van der Waals surface area contributed by atoms with Gasteiger partial charge in [0.1, 0.15) is 23.6 Å². The van der Waals surface area contributed by atoms with Crippen LogP contribution in [0.4, 0.5) is 4.79 Å². The van der Waals surface area contributed by atoms with E-state index in [2.05, 4.69) is 5.32 Å². The van der Waals surface area contributed by atoms with Gasteiger partial charge in [0.25, 0.3) is 5.91 Å². The van der Waals surface area contributed by atoms with Crippen molar-refractivity contribution in [3.8, 4) is 11.5 Å². The number of para-hydroxylation sites is 1. The zero-order valence-electron chi connectivity index (χ0n) is 14.2. The van der Waals surface area contributed by atoms with E-state index in [1.807, 2.05) is 30.3 Å². The topological polar surface area (TPSA) is 67.9 Å². The fourth-order valence-corrected chi connectivity index (χ4v) is 2.79. The van der Waals surface area contributed by atoms with Gasteiger partial charge in [-0.1, -0.05) is 30.3 Å². The average molecular weight is 340 g/mol. The Labute approximate surface area is 146 Å². The molecule has 1 fully saturated rings. The third-order valence-electron chi connectivity index (χ3n) is 4.27. The number of amides is 3. The van der Waals surface area contributed by atoms with Gasteiger partial charge in [0, 0.05) is 0 Å². The Hall–Kier alpha value is -3.02. The van der Waals surface area contributed by atoms with Crippen molar-refractivity contribution in [2.45, 2.75) is 12.5 Å². The summed E-state index contributed by atoms with van der Waals surface area (Å²) in [4.78, 5) is 26.2. The number of hydrogen-bond acceptors (Lipinski definition) is 4. The second-order valence-corrected chi connectivity index (χ2v) is 5.90. The van der Waals surface area contributed by atoms with E-state index in [4.69, 9.17) is 9.47 Å². The van der Waals surface area contributed by atoms with Gasteiger partial charge in [-0.2, -0.15) is 0 Å². The summed E-state index contributed by atoms with van der Waals surface area (Å²) in [5.74, 6) is 1.10. The zero-order valence-corrected chi connectivity index (χ0v) is 14.2. The van der Waals surface area contributed by atoms with Crippen LogP contribution in [0.5, 0.6) is 11.5 Å². The third kappa shape index (κ3) is 3.28. The molecule has 0 radical (unpaired) electrons. The summed E-state index contributed by atoms with van der Waals surface area (Å²) in [6, 6.07) is 15.9. The van der Waals surface area contributed by atoms with Crippen molar-refractivity contribution >= 4 is 11.9 Å². The lowest BCUT2D eigenvalue weighted by molar-refractivity contribution is -0.131. The van der Waals surface area contributed by atoms with Gasteiger partial charge < -0.3 is 14.8 Å². The van der Waals surface area contributed by atoms with E-state index in [1.54, 1.807) is 38.3 Å². The number of methoxy groups -OCH3 is 1. The minimum atomic E-state index is -1.09. The molecule has 1 N–H and O–H groups in total. The number of imide groups is 1. The molecule has 3 amide bonds. The summed E-state index contributed by atoms with van der Waals surface area (Å²) in [6.45, 7) is 2.13. The van der Waals surface area contributed by atoms with Crippen molar-refractivity contribution in [3.63, 3.8) is 0 Å². The predicted octanol–water partition coefficient (Wildman–Crippen LogP) is 2.54. The number of nitrogens with one attached hydrogen (secondary N) is 1. The maximum Gasteiger partial charge on any atom is 0.325 e. The average Bonchev–Trinajstić information content (AvgIpc) is 2.86. The van der Waals surface area contributed by atoms with E-state index in [9.17, 15) is 9.59 Å². The molecule has 130 valence electrons. The van der Waals surface area contributed by atoms with Crippen LogP contribution in [-0.4, -0.2) is 37.1 Å². The molecule has 1 heterocycles. The first-order valence-corrected chi connectivity index (χ1v) is 8.01. The van der Waals surface area contributed by atoms with Crippen molar-refractivity contribution < 1.29 is 19.1 Å². The highest BCUT2D eigenvalue weighted by Crippen LogP contribution is 2.29. The van der Waals surface area contributed by atoms with Gasteiger partial charge in [0.2, 0.25) is 0 Å². The number of rotatable bonds is 6. The van der Waals surface area contributed by atoms with Gasteiger partial charge in [0.05, 0.1) is 13.7 Å². The molecule has 2 aromatic rings. The molecule has 0 bridgehead atoms. The minimum absolute atomic E-state index is 0.186. The van der Waals surface area contributed by atoms with Crippen molar-refractivity contribution in [2.75, 3.05) is 20.3 Å². The van der Waals surface area contributed by atoms with Crippen molar-refractivity contribution in [1.29, 1.82) is 0 Å². The molecule has 3 rings (SSSR count).